The zero-order chi connectivity index (χ0) is 30.6. The summed E-state index contributed by atoms with van der Waals surface area (Å²) in [4.78, 5) is 19.0. The SMILES string of the molecule is CCOc1c(C(=O)O)cnn1-c1cccc(-c2cccc(C)c2OCc2ccc3c(c2C)CCN(C[C@H]2COCCO2)C3)n1. The van der Waals surface area contributed by atoms with Gasteiger partial charge in [0.05, 0.1) is 44.4 Å². The van der Waals surface area contributed by atoms with Crippen molar-refractivity contribution in [3.63, 3.8) is 0 Å². The third-order valence-electron chi connectivity index (χ3n) is 8.27. The Bertz CT molecular complexity index is 1640. The minimum atomic E-state index is -1.11. The molecule has 10 nitrogen and oxygen atoms in total. The molecule has 2 aromatic carbocycles. The van der Waals surface area contributed by atoms with Crippen LogP contribution in [0.2, 0.25) is 0 Å². The van der Waals surface area contributed by atoms with E-state index in [1.807, 2.05) is 37.3 Å². The molecule has 230 valence electrons. The predicted octanol–water partition coefficient (Wildman–Crippen LogP) is 5.00. The van der Waals surface area contributed by atoms with E-state index in [0.29, 0.717) is 44.5 Å². The van der Waals surface area contributed by atoms with Crippen molar-refractivity contribution in [1.29, 1.82) is 0 Å². The van der Waals surface area contributed by atoms with Gasteiger partial charge in [-0.3, -0.25) is 4.90 Å². The van der Waals surface area contributed by atoms with Gasteiger partial charge in [0.2, 0.25) is 5.88 Å². The number of hydrogen-bond donors (Lipinski definition) is 1. The number of benzene rings is 2. The number of aromatic carboxylic acids is 1. The predicted molar refractivity (Wildman–Crippen MR) is 165 cm³/mol. The topological polar surface area (TPSA) is 108 Å². The Hall–Kier alpha value is -4.25. The minimum absolute atomic E-state index is 0.0143. The Kier molecular flexibility index (Phi) is 8.92. The number of nitrogens with zero attached hydrogens (tertiary/aromatic N) is 4. The molecular weight excluding hydrogens is 560 g/mol. The smallest absolute Gasteiger partial charge is 0.342 e. The van der Waals surface area contributed by atoms with Gasteiger partial charge >= 0.3 is 5.97 Å². The Morgan fingerprint density at radius 3 is 2.75 bits per heavy atom. The van der Waals surface area contributed by atoms with E-state index in [2.05, 4.69) is 29.1 Å². The number of hydrogen-bond acceptors (Lipinski definition) is 8. The molecule has 2 aromatic heterocycles. The number of aromatic nitrogens is 3. The molecule has 0 aliphatic carbocycles. The summed E-state index contributed by atoms with van der Waals surface area (Å²) in [5, 5.41) is 13.8. The molecule has 0 unspecified atom stereocenters. The summed E-state index contributed by atoms with van der Waals surface area (Å²) in [5.41, 5.74) is 7.73. The van der Waals surface area contributed by atoms with Crippen LogP contribution in [-0.2, 0) is 29.0 Å². The fourth-order valence-corrected chi connectivity index (χ4v) is 6.00. The summed E-state index contributed by atoms with van der Waals surface area (Å²) in [6.45, 7) is 11.6. The van der Waals surface area contributed by atoms with Crippen LogP contribution < -0.4 is 9.47 Å². The Morgan fingerprint density at radius 1 is 1.09 bits per heavy atom. The van der Waals surface area contributed by atoms with Gasteiger partial charge in [0, 0.05) is 25.2 Å². The van der Waals surface area contributed by atoms with Gasteiger partial charge in [0.25, 0.3) is 0 Å². The summed E-state index contributed by atoms with van der Waals surface area (Å²) in [5.74, 6) is 0.247. The molecule has 0 saturated carbocycles. The van der Waals surface area contributed by atoms with E-state index in [1.54, 1.807) is 13.0 Å². The van der Waals surface area contributed by atoms with Gasteiger partial charge < -0.3 is 24.1 Å². The van der Waals surface area contributed by atoms with Crippen molar-refractivity contribution in [1.82, 2.24) is 19.7 Å². The molecule has 44 heavy (non-hydrogen) atoms. The average Bonchev–Trinajstić information content (AvgIpc) is 3.46. The first-order chi connectivity index (χ1) is 21.4. The standard InChI is InChI=1S/C34H38N4O6/c1-4-42-33-29(34(39)40)17-35-38(33)31-10-6-9-30(36-31)28-8-5-7-22(2)32(28)44-20-25-12-11-24-18-37(14-13-27(24)23(25)3)19-26-21-41-15-16-43-26/h5-12,17,26H,4,13-16,18-21H2,1-3H3,(H,39,40)/t26-/m0/s1. The van der Waals surface area contributed by atoms with E-state index < -0.39 is 5.97 Å². The number of rotatable bonds is 10. The van der Waals surface area contributed by atoms with Gasteiger partial charge in [-0.25, -0.2) is 9.78 Å². The number of aryl methyl sites for hydroxylation is 1. The molecule has 0 bridgehead atoms. The second-order valence-electron chi connectivity index (χ2n) is 11.2. The average molecular weight is 599 g/mol. The number of pyridine rings is 1. The Labute approximate surface area is 257 Å². The van der Waals surface area contributed by atoms with E-state index in [-0.39, 0.29) is 17.5 Å². The molecule has 10 heteroatoms. The van der Waals surface area contributed by atoms with Crippen molar-refractivity contribution < 1.29 is 28.8 Å². The largest absolute Gasteiger partial charge is 0.488 e. The Morgan fingerprint density at radius 2 is 1.95 bits per heavy atom. The van der Waals surface area contributed by atoms with Crippen LogP contribution in [0.1, 0.15) is 45.1 Å². The van der Waals surface area contributed by atoms with Crippen molar-refractivity contribution in [3.05, 3.63) is 88.1 Å². The van der Waals surface area contributed by atoms with E-state index in [9.17, 15) is 9.90 Å². The molecule has 0 spiro atoms. The number of para-hydroxylation sites is 1. The molecule has 0 amide bonds. The highest BCUT2D eigenvalue weighted by Crippen LogP contribution is 2.34. The normalized spacial score (nSPS) is 16.8. The molecule has 1 N–H and O–H groups in total. The maximum absolute atomic E-state index is 11.7. The highest BCUT2D eigenvalue weighted by atomic mass is 16.6. The van der Waals surface area contributed by atoms with Crippen LogP contribution in [0.5, 0.6) is 11.6 Å². The molecule has 1 saturated heterocycles. The van der Waals surface area contributed by atoms with Crippen LogP contribution >= 0.6 is 0 Å². The highest BCUT2D eigenvalue weighted by Gasteiger charge is 2.24. The van der Waals surface area contributed by atoms with E-state index in [4.69, 9.17) is 23.9 Å². The first kappa shape index (κ1) is 29.8. The molecular formula is C34H38N4O6. The molecule has 2 aliphatic rings. The summed E-state index contributed by atoms with van der Waals surface area (Å²) < 4.78 is 25.0. The second kappa shape index (κ2) is 13.2. The van der Waals surface area contributed by atoms with E-state index in [0.717, 1.165) is 48.5 Å². The molecule has 0 radical (unpaired) electrons. The quantitative estimate of drug-likeness (QED) is 0.270. The summed E-state index contributed by atoms with van der Waals surface area (Å²) in [7, 11) is 0. The number of ether oxygens (including phenoxy) is 4. The van der Waals surface area contributed by atoms with Gasteiger partial charge in [-0.15, -0.1) is 0 Å². The van der Waals surface area contributed by atoms with Gasteiger partial charge in [-0.1, -0.05) is 30.3 Å². The third kappa shape index (κ3) is 6.19. The third-order valence-corrected chi connectivity index (χ3v) is 8.27. The van der Waals surface area contributed by atoms with Crippen molar-refractivity contribution in [2.75, 3.05) is 39.5 Å². The molecule has 1 atom stereocenters. The lowest BCUT2D eigenvalue weighted by molar-refractivity contribution is -0.0985. The molecule has 2 aliphatic heterocycles. The van der Waals surface area contributed by atoms with Gasteiger partial charge in [-0.2, -0.15) is 9.78 Å². The monoisotopic (exact) mass is 598 g/mol. The molecule has 4 heterocycles. The molecule has 1 fully saturated rings. The Balaban J connectivity index is 1.21. The minimum Gasteiger partial charge on any atom is -0.488 e. The van der Waals surface area contributed by atoms with Crippen molar-refractivity contribution >= 4 is 5.97 Å². The summed E-state index contributed by atoms with van der Waals surface area (Å²) in [6, 6.07) is 16.0. The fourth-order valence-electron chi connectivity index (χ4n) is 6.00. The van der Waals surface area contributed by atoms with Gasteiger partial charge in [-0.05, 0) is 73.2 Å². The van der Waals surface area contributed by atoms with Crippen molar-refractivity contribution in [2.24, 2.45) is 0 Å². The number of carboxylic acids is 1. The first-order valence-electron chi connectivity index (χ1n) is 15.1. The van der Waals surface area contributed by atoms with Crippen molar-refractivity contribution in [2.45, 2.75) is 46.4 Å². The van der Waals surface area contributed by atoms with Crippen LogP contribution in [0, 0.1) is 13.8 Å². The van der Waals surface area contributed by atoms with Crippen LogP contribution in [-0.4, -0.2) is 76.4 Å². The van der Waals surface area contributed by atoms with Crippen LogP contribution in [0.25, 0.3) is 17.1 Å². The van der Waals surface area contributed by atoms with E-state index >= 15 is 0 Å². The second-order valence-corrected chi connectivity index (χ2v) is 11.2. The zero-order valence-electron chi connectivity index (χ0n) is 25.4. The number of carbonyl (C=O) groups is 1. The fraction of sp³-hybridized carbons (Fsp3) is 0.382. The zero-order valence-corrected chi connectivity index (χ0v) is 25.4. The lowest BCUT2D eigenvalue weighted by Gasteiger charge is -2.34. The lowest BCUT2D eigenvalue weighted by atomic mass is 9.91. The van der Waals surface area contributed by atoms with Gasteiger partial charge in [0.1, 0.15) is 17.9 Å². The van der Waals surface area contributed by atoms with Crippen molar-refractivity contribution in [3.8, 4) is 28.7 Å². The van der Waals surface area contributed by atoms with Gasteiger partial charge in [0.15, 0.2) is 5.82 Å². The van der Waals surface area contributed by atoms with Crippen LogP contribution in [0.3, 0.4) is 0 Å². The van der Waals surface area contributed by atoms with Crippen LogP contribution in [0.4, 0.5) is 0 Å². The number of fused-ring (bicyclic) bond motifs is 1. The first-order valence-corrected chi connectivity index (χ1v) is 15.1. The number of carboxylic acid groups (broad SMARTS) is 1. The maximum atomic E-state index is 11.7. The van der Waals surface area contributed by atoms with E-state index in [1.165, 1.54) is 27.6 Å². The van der Waals surface area contributed by atoms with Crippen LogP contribution in [0.15, 0.2) is 54.7 Å². The molecule has 6 rings (SSSR count). The molecule has 4 aromatic rings. The summed E-state index contributed by atoms with van der Waals surface area (Å²) in [6.07, 6.45) is 2.42. The summed E-state index contributed by atoms with van der Waals surface area (Å²) >= 11 is 0. The maximum Gasteiger partial charge on any atom is 0.342 e. The highest BCUT2D eigenvalue weighted by molar-refractivity contribution is 5.90. The lowest BCUT2D eigenvalue weighted by Crippen LogP contribution is -2.42.